The molecule has 0 radical (unpaired) electrons. The van der Waals surface area contributed by atoms with Crippen LogP contribution >= 0.6 is 11.8 Å². The van der Waals surface area contributed by atoms with E-state index in [2.05, 4.69) is 6.07 Å². The Balaban J connectivity index is 1.66. The van der Waals surface area contributed by atoms with Crippen molar-refractivity contribution in [1.82, 2.24) is 0 Å². The maximum atomic E-state index is 13.9. The van der Waals surface area contributed by atoms with Crippen LogP contribution < -0.4 is 14.4 Å². The van der Waals surface area contributed by atoms with E-state index < -0.39 is 5.25 Å². The first-order valence-electron chi connectivity index (χ1n) is 10.6. The fraction of sp³-hybridized carbons (Fsp3) is 0.192. The van der Waals surface area contributed by atoms with Crippen LogP contribution in [0.1, 0.15) is 16.7 Å². The van der Waals surface area contributed by atoms with Crippen LogP contribution in [0.15, 0.2) is 71.6 Å². The first kappa shape index (κ1) is 21.3. The van der Waals surface area contributed by atoms with Crippen LogP contribution in [0.5, 0.6) is 11.5 Å². The monoisotopic (exact) mass is 459 g/mol. The fourth-order valence-electron chi connectivity index (χ4n) is 4.34. The van der Waals surface area contributed by atoms with Crippen LogP contribution in [0.2, 0.25) is 0 Å². The molecule has 2 aliphatic rings. The number of methoxy groups -OCH3 is 2. The van der Waals surface area contributed by atoms with Crippen LogP contribution in [0.3, 0.4) is 0 Å². The van der Waals surface area contributed by atoms with E-state index in [-0.39, 0.29) is 11.9 Å². The molecule has 0 spiro atoms. The van der Waals surface area contributed by atoms with E-state index in [1.807, 2.05) is 49.4 Å². The molecule has 0 aliphatic carbocycles. The maximum absolute atomic E-state index is 13.9. The van der Waals surface area contributed by atoms with E-state index in [0.717, 1.165) is 27.3 Å². The van der Waals surface area contributed by atoms with Crippen LogP contribution in [0.4, 0.5) is 10.5 Å². The zero-order valence-electron chi connectivity index (χ0n) is 18.6. The van der Waals surface area contributed by atoms with Gasteiger partial charge in [0.1, 0.15) is 17.9 Å². The molecule has 0 aromatic heterocycles. The fourth-order valence-corrected chi connectivity index (χ4v) is 5.62. The minimum absolute atomic E-state index is 0.260. The van der Waals surface area contributed by atoms with Crippen molar-refractivity contribution >= 4 is 35.1 Å². The van der Waals surface area contributed by atoms with Gasteiger partial charge in [0.05, 0.1) is 14.2 Å². The normalized spacial score (nSPS) is 17.2. The number of rotatable bonds is 5. The van der Waals surface area contributed by atoms with Gasteiger partial charge in [-0.25, -0.2) is 4.79 Å². The Morgan fingerprint density at radius 2 is 1.73 bits per heavy atom. The highest BCUT2D eigenvalue weighted by Crippen LogP contribution is 2.42. The molecule has 0 fully saturated rings. The van der Waals surface area contributed by atoms with Gasteiger partial charge in [-0.3, -0.25) is 0 Å². The van der Waals surface area contributed by atoms with E-state index in [9.17, 15) is 9.59 Å². The standard InChI is InChI=1S/C26H23N2O4S/c1-16-7-6-8-17(13-16)15-27-23-19-9-4-5-10-22(19)33-24(23)25(29)28(26(27)30)18-11-12-20(31-2)21(14-18)32-3/h4-14,24H,15H2,1-3H3/q+1. The lowest BCUT2D eigenvalue weighted by Gasteiger charge is -2.25. The molecule has 2 heterocycles. The van der Waals surface area contributed by atoms with E-state index in [1.165, 1.54) is 23.8 Å². The van der Waals surface area contributed by atoms with Gasteiger partial charge in [-0.15, -0.1) is 16.7 Å². The molecule has 33 heavy (non-hydrogen) atoms. The molecular formula is C26H23N2O4S+. The van der Waals surface area contributed by atoms with Gasteiger partial charge in [-0.2, -0.15) is 9.37 Å². The number of ether oxygens (including phenoxy) is 2. The lowest BCUT2D eigenvalue weighted by Crippen LogP contribution is -2.55. The molecule has 2 aliphatic heterocycles. The van der Waals surface area contributed by atoms with Gasteiger partial charge in [0.15, 0.2) is 16.7 Å². The number of amides is 3. The van der Waals surface area contributed by atoms with Crippen molar-refractivity contribution in [3.05, 3.63) is 83.4 Å². The summed E-state index contributed by atoms with van der Waals surface area (Å²) < 4.78 is 12.5. The summed E-state index contributed by atoms with van der Waals surface area (Å²) in [7, 11) is 3.08. The molecule has 5 rings (SSSR count). The third-order valence-corrected chi connectivity index (χ3v) is 7.13. The summed E-state index contributed by atoms with van der Waals surface area (Å²) in [6.45, 7) is 2.40. The number of hydrogen-bond donors (Lipinski definition) is 0. The second kappa shape index (κ2) is 8.41. The highest BCUT2D eigenvalue weighted by molar-refractivity contribution is 8.02. The van der Waals surface area contributed by atoms with Crippen molar-refractivity contribution < 1.29 is 23.6 Å². The number of benzene rings is 3. The van der Waals surface area contributed by atoms with E-state index in [0.29, 0.717) is 23.7 Å². The van der Waals surface area contributed by atoms with Crippen molar-refractivity contribution in [3.63, 3.8) is 0 Å². The summed E-state index contributed by atoms with van der Waals surface area (Å²) in [6.07, 6.45) is 0. The lowest BCUT2D eigenvalue weighted by molar-refractivity contribution is -0.444. The summed E-state index contributed by atoms with van der Waals surface area (Å²) in [4.78, 5) is 29.8. The number of aryl methyl sites for hydroxylation is 1. The third-order valence-electron chi connectivity index (χ3n) is 5.86. The average molecular weight is 460 g/mol. The molecular weight excluding hydrogens is 436 g/mol. The second-order valence-electron chi connectivity index (χ2n) is 7.95. The van der Waals surface area contributed by atoms with Gasteiger partial charge in [0, 0.05) is 16.5 Å². The number of urea groups is 1. The molecule has 1 atom stereocenters. The Bertz CT molecular complexity index is 1320. The topological polar surface area (TPSA) is 58.8 Å². The maximum Gasteiger partial charge on any atom is 0.506 e. The quantitative estimate of drug-likeness (QED) is 0.520. The Hall–Kier alpha value is -3.58. The van der Waals surface area contributed by atoms with Crippen molar-refractivity contribution in [3.8, 4) is 11.5 Å². The second-order valence-corrected chi connectivity index (χ2v) is 9.10. The minimum Gasteiger partial charge on any atom is -0.493 e. The molecule has 0 N–H and O–H groups in total. The number of fused-ring (bicyclic) bond motifs is 3. The first-order chi connectivity index (χ1) is 16.0. The highest BCUT2D eigenvalue weighted by Gasteiger charge is 2.53. The Labute approximate surface area is 196 Å². The predicted octanol–water partition coefficient (Wildman–Crippen LogP) is 4.66. The summed E-state index contributed by atoms with van der Waals surface area (Å²) in [5, 5.41) is -0.502. The van der Waals surface area contributed by atoms with Gasteiger partial charge >= 0.3 is 11.9 Å². The van der Waals surface area contributed by atoms with Crippen molar-refractivity contribution in [2.75, 3.05) is 19.1 Å². The Kier molecular flexibility index (Phi) is 5.42. The van der Waals surface area contributed by atoms with Gasteiger partial charge < -0.3 is 9.47 Å². The predicted molar refractivity (Wildman–Crippen MR) is 128 cm³/mol. The molecule has 3 aromatic carbocycles. The summed E-state index contributed by atoms with van der Waals surface area (Å²) in [5.41, 5.74) is 4.27. The summed E-state index contributed by atoms with van der Waals surface area (Å²) in [6, 6.07) is 20.6. The summed E-state index contributed by atoms with van der Waals surface area (Å²) >= 11 is 1.49. The number of carbonyl (C=O) groups excluding carboxylic acids is 2. The molecule has 1 unspecified atom stereocenters. The van der Waals surface area contributed by atoms with Crippen molar-refractivity contribution in [2.24, 2.45) is 0 Å². The number of anilines is 1. The molecule has 3 aromatic rings. The molecule has 3 amide bonds. The van der Waals surface area contributed by atoms with Crippen LogP contribution in [-0.2, 0) is 11.3 Å². The first-order valence-corrected chi connectivity index (χ1v) is 11.5. The largest absolute Gasteiger partial charge is 0.506 e. The molecule has 7 heteroatoms. The highest BCUT2D eigenvalue weighted by atomic mass is 32.2. The number of carbonyl (C=O) groups is 2. The van der Waals surface area contributed by atoms with Gasteiger partial charge in [0.2, 0.25) is 0 Å². The molecule has 0 saturated heterocycles. The third kappa shape index (κ3) is 3.58. The number of thioether (sulfide) groups is 1. The molecule has 6 nitrogen and oxygen atoms in total. The SMILES string of the molecule is COc1ccc(N2C(=O)C3Sc4ccccc4C3=[N+](Cc3cccc(C)c3)C2=O)cc1OC. The van der Waals surface area contributed by atoms with E-state index >= 15 is 0 Å². The van der Waals surface area contributed by atoms with Crippen LogP contribution in [0, 0.1) is 6.92 Å². The van der Waals surface area contributed by atoms with Crippen molar-refractivity contribution in [1.29, 1.82) is 0 Å². The number of imide groups is 1. The molecule has 166 valence electrons. The average Bonchev–Trinajstić information content (AvgIpc) is 3.22. The van der Waals surface area contributed by atoms with Gasteiger partial charge in [-0.05, 0) is 36.8 Å². The number of nitrogens with zero attached hydrogens (tertiary/aromatic N) is 2. The number of hydrogen-bond acceptors (Lipinski definition) is 5. The van der Waals surface area contributed by atoms with E-state index in [1.54, 1.807) is 29.9 Å². The zero-order valence-corrected chi connectivity index (χ0v) is 19.4. The molecule has 0 bridgehead atoms. The van der Waals surface area contributed by atoms with Gasteiger partial charge in [0.25, 0.3) is 0 Å². The van der Waals surface area contributed by atoms with Crippen LogP contribution in [0.25, 0.3) is 0 Å². The smallest absolute Gasteiger partial charge is 0.493 e. The molecule has 0 saturated carbocycles. The van der Waals surface area contributed by atoms with E-state index in [4.69, 9.17) is 9.47 Å². The lowest BCUT2D eigenvalue weighted by atomic mass is 10.0. The minimum atomic E-state index is -0.502. The van der Waals surface area contributed by atoms with Crippen LogP contribution in [-0.4, -0.2) is 41.7 Å². The van der Waals surface area contributed by atoms with Crippen molar-refractivity contribution in [2.45, 2.75) is 23.6 Å². The Morgan fingerprint density at radius 3 is 2.48 bits per heavy atom. The Morgan fingerprint density at radius 1 is 0.939 bits per heavy atom. The zero-order chi connectivity index (χ0) is 23.1. The summed E-state index contributed by atoms with van der Waals surface area (Å²) in [5.74, 6) is 0.728. The van der Waals surface area contributed by atoms with Gasteiger partial charge in [-0.1, -0.05) is 42.0 Å².